The number of aldehydes is 1. The molecule has 11 heteroatoms. The van der Waals surface area contributed by atoms with Crippen molar-refractivity contribution >= 4 is 38.7 Å². The van der Waals surface area contributed by atoms with Gasteiger partial charge in [0, 0.05) is 22.1 Å². The molecule has 0 bridgehead atoms. The first-order valence-corrected chi connectivity index (χ1v) is 12.3. The normalized spacial score (nSPS) is 21.7. The Kier molecular flexibility index (Phi) is 5.97. The van der Waals surface area contributed by atoms with Crippen LogP contribution in [0.5, 0.6) is 5.75 Å². The summed E-state index contributed by atoms with van der Waals surface area (Å²) in [6.07, 6.45) is -3.85. The number of rotatable bonds is 5. The molecule has 4 rings (SSSR count). The number of methoxy groups -OCH3 is 1. The average molecular weight is 485 g/mol. The van der Waals surface area contributed by atoms with Crippen molar-refractivity contribution in [3.63, 3.8) is 0 Å². The van der Waals surface area contributed by atoms with Gasteiger partial charge in [-0.1, -0.05) is 17.8 Å². The second kappa shape index (κ2) is 8.43. The minimum atomic E-state index is -4.52. The smallest absolute Gasteiger partial charge is 0.416 e. The number of halogens is 3. The zero-order valence-electron chi connectivity index (χ0n) is 16.9. The van der Waals surface area contributed by atoms with Crippen LogP contribution in [-0.2, 0) is 22.6 Å². The summed E-state index contributed by atoms with van der Waals surface area (Å²) < 4.78 is 69.3. The number of nitrogens with zero attached hydrogens (tertiary/aromatic N) is 2. The molecule has 0 aliphatic carbocycles. The van der Waals surface area contributed by atoms with Crippen LogP contribution in [0.3, 0.4) is 0 Å². The molecular weight excluding hydrogens is 465 g/mol. The van der Waals surface area contributed by atoms with E-state index >= 15 is 0 Å². The van der Waals surface area contributed by atoms with Crippen LogP contribution in [0.1, 0.15) is 21.5 Å². The topological polar surface area (TPSA) is 76.0 Å². The molecule has 0 saturated carbocycles. The number of thioether (sulfide) groups is 1. The number of benzene rings is 2. The summed E-state index contributed by atoms with van der Waals surface area (Å²) in [5.74, 6) is 0.378. The van der Waals surface area contributed by atoms with Crippen LogP contribution in [0.25, 0.3) is 0 Å². The monoisotopic (exact) mass is 484 g/mol. The van der Waals surface area contributed by atoms with E-state index in [2.05, 4.69) is 4.99 Å². The van der Waals surface area contributed by atoms with Gasteiger partial charge >= 0.3 is 6.18 Å². The van der Waals surface area contributed by atoms with Crippen molar-refractivity contribution in [2.75, 3.05) is 23.5 Å². The van der Waals surface area contributed by atoms with Gasteiger partial charge in [-0.2, -0.15) is 13.2 Å². The number of carbonyl (C=O) groups is 1. The molecule has 1 fully saturated rings. The minimum Gasteiger partial charge on any atom is -0.496 e. The van der Waals surface area contributed by atoms with E-state index < -0.39 is 27.6 Å². The van der Waals surface area contributed by atoms with E-state index in [-0.39, 0.29) is 29.0 Å². The molecule has 2 aliphatic heterocycles. The number of carbonyl (C=O) groups excluding carboxylic acids is 1. The molecular formula is C21H19F3N2O4S2. The van der Waals surface area contributed by atoms with Crippen molar-refractivity contribution in [1.29, 1.82) is 0 Å². The van der Waals surface area contributed by atoms with Gasteiger partial charge < -0.3 is 9.64 Å². The molecule has 0 unspecified atom stereocenters. The van der Waals surface area contributed by atoms with E-state index in [0.29, 0.717) is 28.3 Å². The third kappa shape index (κ3) is 4.63. The van der Waals surface area contributed by atoms with E-state index in [1.807, 2.05) is 0 Å². The zero-order valence-corrected chi connectivity index (χ0v) is 18.5. The highest BCUT2D eigenvalue weighted by molar-refractivity contribution is 8.15. The molecule has 0 spiro atoms. The number of hydrogen-bond donors (Lipinski definition) is 0. The molecule has 32 heavy (non-hydrogen) atoms. The van der Waals surface area contributed by atoms with Gasteiger partial charge in [0.2, 0.25) is 0 Å². The molecule has 2 aromatic rings. The van der Waals surface area contributed by atoms with Gasteiger partial charge in [-0.15, -0.1) is 0 Å². The Morgan fingerprint density at radius 2 is 2.00 bits per heavy atom. The van der Waals surface area contributed by atoms with E-state index in [1.165, 1.54) is 24.9 Å². The maximum atomic E-state index is 13.3. The van der Waals surface area contributed by atoms with Gasteiger partial charge in [-0.05, 0) is 36.4 Å². The van der Waals surface area contributed by atoms with E-state index in [1.54, 1.807) is 29.2 Å². The van der Waals surface area contributed by atoms with Crippen molar-refractivity contribution in [1.82, 2.24) is 0 Å². The highest BCUT2D eigenvalue weighted by Gasteiger charge is 2.44. The number of hydrogen-bond acceptors (Lipinski definition) is 7. The van der Waals surface area contributed by atoms with Crippen LogP contribution < -0.4 is 9.64 Å². The van der Waals surface area contributed by atoms with Gasteiger partial charge in [0.25, 0.3) is 0 Å². The molecule has 1 saturated heterocycles. The van der Waals surface area contributed by atoms with Gasteiger partial charge in [-0.25, -0.2) is 8.42 Å². The van der Waals surface area contributed by atoms with Gasteiger partial charge in [-0.3, -0.25) is 9.79 Å². The van der Waals surface area contributed by atoms with Crippen molar-refractivity contribution in [3.05, 3.63) is 59.2 Å². The summed E-state index contributed by atoms with van der Waals surface area (Å²) in [5, 5.41) is 0.166. The van der Waals surface area contributed by atoms with E-state index in [0.717, 1.165) is 12.1 Å². The van der Waals surface area contributed by atoms with E-state index in [4.69, 9.17) is 4.74 Å². The van der Waals surface area contributed by atoms with Crippen LogP contribution in [0.2, 0.25) is 0 Å². The van der Waals surface area contributed by atoms with Crippen molar-refractivity contribution in [3.8, 4) is 5.75 Å². The summed E-state index contributed by atoms with van der Waals surface area (Å²) >= 11 is 1.25. The highest BCUT2D eigenvalue weighted by atomic mass is 32.2. The third-order valence-electron chi connectivity index (χ3n) is 5.29. The number of aliphatic imine (C=N–C) groups is 1. The van der Waals surface area contributed by atoms with Crippen LogP contribution in [0.15, 0.2) is 47.5 Å². The Labute approximate surface area is 187 Å². The number of sulfone groups is 1. The summed E-state index contributed by atoms with van der Waals surface area (Å²) in [7, 11) is -1.71. The second-order valence-electron chi connectivity index (χ2n) is 7.54. The average Bonchev–Trinajstić information content (AvgIpc) is 3.24. The Hall–Kier alpha value is -2.53. The fourth-order valence-electron chi connectivity index (χ4n) is 3.76. The van der Waals surface area contributed by atoms with Crippen molar-refractivity contribution in [2.45, 2.75) is 24.0 Å². The third-order valence-corrected chi connectivity index (χ3v) is 8.54. The number of anilines is 1. The van der Waals surface area contributed by atoms with Crippen LogP contribution in [0.4, 0.5) is 18.9 Å². The summed E-state index contributed by atoms with van der Waals surface area (Å²) in [5.41, 5.74) is 0.434. The first-order chi connectivity index (χ1) is 15.1. The molecule has 0 amide bonds. The fraction of sp³-hybridized carbons (Fsp3) is 0.333. The Morgan fingerprint density at radius 1 is 1.22 bits per heavy atom. The Balaban J connectivity index is 1.76. The highest BCUT2D eigenvalue weighted by Crippen LogP contribution is 2.39. The van der Waals surface area contributed by atoms with Crippen LogP contribution in [-0.4, -0.2) is 49.8 Å². The summed E-state index contributed by atoms with van der Waals surface area (Å²) in [6.45, 7) is 0.0875. The molecule has 2 atom stereocenters. The Morgan fingerprint density at radius 3 is 2.66 bits per heavy atom. The number of alkyl halides is 3. The standard InChI is InChI=1S/C21H19F3N2O4S2/c1-30-18-6-5-13(10-27)7-14(18)9-26(16-4-2-3-15(8-16)21(22,23)24)20-25-17-11-32(28,29)12-19(17)31-20/h2-8,10,17,19H,9,11-12H2,1H3/t17-,19+/m0/s1. The number of amidine groups is 1. The molecule has 0 N–H and O–H groups in total. The fourth-order valence-corrected chi connectivity index (χ4v) is 7.54. The van der Waals surface area contributed by atoms with Crippen LogP contribution in [0, 0.1) is 0 Å². The SMILES string of the molecule is COc1ccc(C=O)cc1CN(C1=N[C@H]2CS(=O)(=O)C[C@H]2S1)c1cccc(C(F)(F)F)c1. The largest absolute Gasteiger partial charge is 0.496 e. The first-order valence-electron chi connectivity index (χ1n) is 9.61. The Bertz CT molecular complexity index is 1180. The van der Waals surface area contributed by atoms with Crippen LogP contribution >= 0.6 is 11.8 Å². The molecule has 170 valence electrons. The quantitative estimate of drug-likeness (QED) is 0.601. The molecule has 2 aromatic carbocycles. The van der Waals surface area contributed by atoms with Gasteiger partial charge in [0.1, 0.15) is 12.0 Å². The van der Waals surface area contributed by atoms with E-state index in [9.17, 15) is 26.4 Å². The number of ether oxygens (including phenoxy) is 1. The molecule has 2 heterocycles. The molecule has 6 nitrogen and oxygen atoms in total. The lowest BCUT2D eigenvalue weighted by atomic mass is 10.1. The maximum Gasteiger partial charge on any atom is 0.416 e. The summed E-state index contributed by atoms with van der Waals surface area (Å²) in [6, 6.07) is 9.25. The maximum absolute atomic E-state index is 13.3. The number of fused-ring (bicyclic) bond motifs is 1. The van der Waals surface area contributed by atoms with Crippen molar-refractivity contribution in [2.24, 2.45) is 4.99 Å². The minimum absolute atomic E-state index is 0.0181. The van der Waals surface area contributed by atoms with Gasteiger partial charge in [0.15, 0.2) is 15.0 Å². The second-order valence-corrected chi connectivity index (χ2v) is 10.9. The van der Waals surface area contributed by atoms with Crippen molar-refractivity contribution < 1.29 is 31.1 Å². The molecule has 0 aromatic heterocycles. The first kappa shape index (κ1) is 22.7. The lowest BCUT2D eigenvalue weighted by Gasteiger charge is -2.26. The molecule has 2 aliphatic rings. The van der Waals surface area contributed by atoms with Gasteiger partial charge in [0.05, 0.1) is 36.8 Å². The lowest BCUT2D eigenvalue weighted by molar-refractivity contribution is -0.137. The predicted octanol–water partition coefficient (Wildman–Crippen LogP) is 3.80. The predicted molar refractivity (Wildman–Crippen MR) is 117 cm³/mol. The summed E-state index contributed by atoms with van der Waals surface area (Å²) in [4.78, 5) is 17.4. The molecule has 0 radical (unpaired) electrons. The zero-order chi connectivity index (χ0) is 23.1. The lowest BCUT2D eigenvalue weighted by Crippen LogP contribution is -2.28.